The minimum Gasteiger partial charge on any atom is -0.456 e. The van der Waals surface area contributed by atoms with E-state index >= 15 is 0 Å². The Labute approximate surface area is 240 Å². The Morgan fingerprint density at radius 2 is 0.929 bits per heavy atom. The molecule has 0 amide bonds. The first kappa shape index (κ1) is 23.8. The van der Waals surface area contributed by atoms with Crippen LogP contribution in [-0.4, -0.2) is 0 Å². The molecule has 0 N–H and O–H groups in total. The molecule has 0 fully saturated rings. The van der Waals surface area contributed by atoms with Crippen molar-refractivity contribution in [2.45, 2.75) is 0 Å². The molecule has 0 bridgehead atoms. The van der Waals surface area contributed by atoms with Gasteiger partial charge in [0.1, 0.15) is 22.3 Å². The zero-order valence-corrected chi connectivity index (χ0v) is 22.3. The number of furan rings is 2. The zero-order valence-electron chi connectivity index (χ0n) is 22.3. The molecule has 2 heterocycles. The monoisotopic (exact) mass is 536 g/mol. The summed E-state index contributed by atoms with van der Waals surface area (Å²) in [6.45, 7) is 0. The van der Waals surface area contributed by atoms with Crippen molar-refractivity contribution in [2.24, 2.45) is 0 Å². The van der Waals surface area contributed by atoms with Gasteiger partial charge in [-0.15, -0.1) is 0 Å². The van der Waals surface area contributed by atoms with Gasteiger partial charge in [-0.25, -0.2) is 0 Å². The Hall–Kier alpha value is -6.10. The van der Waals surface area contributed by atoms with Crippen LogP contribution in [0, 0.1) is 22.7 Å². The van der Waals surface area contributed by atoms with E-state index in [0.29, 0.717) is 11.1 Å². The first-order chi connectivity index (χ1) is 20.7. The summed E-state index contributed by atoms with van der Waals surface area (Å²) in [6, 6.07) is 44.7. The van der Waals surface area contributed by atoms with Gasteiger partial charge < -0.3 is 8.83 Å². The van der Waals surface area contributed by atoms with E-state index in [4.69, 9.17) is 8.83 Å². The fourth-order valence-corrected chi connectivity index (χ4v) is 5.89. The van der Waals surface area contributed by atoms with Crippen LogP contribution in [0.15, 0.2) is 130 Å². The van der Waals surface area contributed by atoms with Gasteiger partial charge in [0, 0.05) is 21.5 Å². The standard InChI is InChI=1S/C38H20N2O2/c39-21-23-9-12-30(29(15-23)22-40)28-17-26(24-10-13-33-31-5-1-3-7-35(31)41-37(33)19-24)16-27(18-28)25-11-14-34-32-6-2-4-8-36(32)42-38(34)20-25/h1-20H. The number of hydrogen-bond donors (Lipinski definition) is 0. The summed E-state index contributed by atoms with van der Waals surface area (Å²) >= 11 is 0. The number of benzene rings is 6. The van der Waals surface area contributed by atoms with Crippen molar-refractivity contribution in [1.29, 1.82) is 10.5 Å². The van der Waals surface area contributed by atoms with Gasteiger partial charge >= 0.3 is 0 Å². The fourth-order valence-electron chi connectivity index (χ4n) is 5.89. The molecule has 0 unspecified atom stereocenters. The maximum atomic E-state index is 9.96. The molecule has 8 aromatic rings. The van der Waals surface area contributed by atoms with Crippen LogP contribution >= 0.6 is 0 Å². The van der Waals surface area contributed by atoms with Gasteiger partial charge in [0.25, 0.3) is 0 Å². The van der Waals surface area contributed by atoms with Crippen LogP contribution in [0.2, 0.25) is 0 Å². The van der Waals surface area contributed by atoms with Crippen molar-refractivity contribution in [2.75, 3.05) is 0 Å². The van der Waals surface area contributed by atoms with Gasteiger partial charge in [0.15, 0.2) is 0 Å². The largest absolute Gasteiger partial charge is 0.456 e. The number of hydrogen-bond acceptors (Lipinski definition) is 4. The average Bonchev–Trinajstić information content (AvgIpc) is 3.61. The van der Waals surface area contributed by atoms with Crippen molar-refractivity contribution in [3.05, 3.63) is 132 Å². The van der Waals surface area contributed by atoms with Crippen LogP contribution in [0.5, 0.6) is 0 Å². The molecule has 0 spiro atoms. The van der Waals surface area contributed by atoms with E-state index in [9.17, 15) is 10.5 Å². The predicted molar refractivity (Wildman–Crippen MR) is 167 cm³/mol. The van der Waals surface area contributed by atoms with Gasteiger partial charge in [-0.1, -0.05) is 54.6 Å². The second kappa shape index (κ2) is 9.24. The Kier molecular flexibility index (Phi) is 5.22. The molecule has 0 saturated carbocycles. The highest BCUT2D eigenvalue weighted by Crippen LogP contribution is 2.38. The average molecular weight is 537 g/mol. The number of rotatable bonds is 3. The highest BCUT2D eigenvalue weighted by molar-refractivity contribution is 6.07. The maximum Gasteiger partial charge on any atom is 0.136 e. The van der Waals surface area contributed by atoms with Gasteiger partial charge in [-0.3, -0.25) is 0 Å². The molecule has 8 rings (SSSR count). The van der Waals surface area contributed by atoms with E-state index in [0.717, 1.165) is 77.3 Å². The van der Waals surface area contributed by atoms with Crippen molar-refractivity contribution < 1.29 is 8.83 Å². The number of para-hydroxylation sites is 2. The summed E-state index contributed by atoms with van der Waals surface area (Å²) in [5.74, 6) is 0. The summed E-state index contributed by atoms with van der Waals surface area (Å²) < 4.78 is 12.4. The molecule has 0 aliphatic carbocycles. The minimum atomic E-state index is 0.456. The van der Waals surface area contributed by atoms with Crippen molar-refractivity contribution >= 4 is 43.9 Å². The first-order valence-electron chi connectivity index (χ1n) is 13.6. The summed E-state index contributed by atoms with van der Waals surface area (Å²) in [6.07, 6.45) is 0. The van der Waals surface area contributed by atoms with Crippen molar-refractivity contribution in [3.63, 3.8) is 0 Å². The van der Waals surface area contributed by atoms with Gasteiger partial charge in [0.05, 0.1) is 23.3 Å². The minimum absolute atomic E-state index is 0.456. The molecule has 42 heavy (non-hydrogen) atoms. The highest BCUT2D eigenvalue weighted by atomic mass is 16.3. The summed E-state index contributed by atoms with van der Waals surface area (Å²) in [4.78, 5) is 0. The van der Waals surface area contributed by atoms with Crippen LogP contribution in [0.4, 0.5) is 0 Å². The lowest BCUT2D eigenvalue weighted by Gasteiger charge is -2.12. The SMILES string of the molecule is N#Cc1ccc(-c2cc(-c3ccc4c(c3)oc3ccccc34)cc(-c3ccc4c(c3)oc3ccccc34)c2)c(C#N)c1. The van der Waals surface area contributed by atoms with Gasteiger partial charge in [-0.05, 0) is 100 Å². The Morgan fingerprint density at radius 1 is 0.405 bits per heavy atom. The Morgan fingerprint density at radius 3 is 1.48 bits per heavy atom. The predicted octanol–water partition coefficient (Wildman–Crippen LogP) is 10.2. The second-order valence-corrected chi connectivity index (χ2v) is 10.4. The Balaban J connectivity index is 1.35. The summed E-state index contributed by atoms with van der Waals surface area (Å²) in [7, 11) is 0. The summed E-state index contributed by atoms with van der Waals surface area (Å²) in [5, 5.41) is 23.7. The molecule has 0 aliphatic heterocycles. The maximum absolute atomic E-state index is 9.96. The van der Waals surface area contributed by atoms with Crippen LogP contribution in [-0.2, 0) is 0 Å². The molecule has 2 aromatic heterocycles. The molecule has 0 aliphatic rings. The second-order valence-electron chi connectivity index (χ2n) is 10.4. The van der Waals surface area contributed by atoms with E-state index in [2.05, 4.69) is 78.9 Å². The van der Waals surface area contributed by atoms with Crippen LogP contribution in [0.25, 0.3) is 77.3 Å². The molecule has 4 nitrogen and oxygen atoms in total. The normalized spacial score (nSPS) is 11.3. The molecular weight excluding hydrogens is 516 g/mol. The number of nitrogens with zero attached hydrogens (tertiary/aromatic N) is 2. The van der Waals surface area contributed by atoms with Crippen LogP contribution in [0.1, 0.15) is 11.1 Å². The quantitative estimate of drug-likeness (QED) is 0.225. The molecule has 0 saturated heterocycles. The van der Waals surface area contributed by atoms with Crippen molar-refractivity contribution in [3.8, 4) is 45.5 Å². The number of fused-ring (bicyclic) bond motifs is 6. The van der Waals surface area contributed by atoms with E-state index in [-0.39, 0.29) is 0 Å². The van der Waals surface area contributed by atoms with Gasteiger partial charge in [-0.2, -0.15) is 10.5 Å². The Bertz CT molecular complexity index is 2310. The molecular formula is C38H20N2O2. The molecule has 4 heteroatoms. The van der Waals surface area contributed by atoms with Crippen LogP contribution < -0.4 is 0 Å². The third-order valence-electron chi connectivity index (χ3n) is 7.94. The topological polar surface area (TPSA) is 73.9 Å². The third kappa shape index (κ3) is 3.75. The van der Waals surface area contributed by atoms with E-state index in [1.54, 1.807) is 12.1 Å². The van der Waals surface area contributed by atoms with Gasteiger partial charge in [0.2, 0.25) is 0 Å². The third-order valence-corrected chi connectivity index (χ3v) is 7.94. The lowest BCUT2D eigenvalue weighted by Crippen LogP contribution is -1.90. The molecule has 0 atom stereocenters. The summed E-state index contributed by atoms with van der Waals surface area (Å²) in [5.41, 5.74) is 9.90. The smallest absolute Gasteiger partial charge is 0.136 e. The fraction of sp³-hybridized carbons (Fsp3) is 0. The zero-order chi connectivity index (χ0) is 28.2. The van der Waals surface area contributed by atoms with E-state index in [1.807, 2.05) is 42.5 Å². The molecule has 194 valence electrons. The first-order valence-corrected chi connectivity index (χ1v) is 13.6. The highest BCUT2D eigenvalue weighted by Gasteiger charge is 2.15. The lowest BCUT2D eigenvalue weighted by atomic mass is 9.91. The number of nitriles is 2. The van der Waals surface area contributed by atoms with Crippen molar-refractivity contribution in [1.82, 2.24) is 0 Å². The van der Waals surface area contributed by atoms with E-state index < -0.39 is 0 Å². The molecule has 6 aromatic carbocycles. The molecule has 0 radical (unpaired) electrons. The van der Waals surface area contributed by atoms with E-state index in [1.165, 1.54) is 0 Å². The lowest BCUT2D eigenvalue weighted by molar-refractivity contribution is 0.668. The van der Waals surface area contributed by atoms with Crippen LogP contribution in [0.3, 0.4) is 0 Å².